The largest absolute Gasteiger partial charge is 0.449 e. The van der Waals surface area contributed by atoms with Crippen molar-refractivity contribution in [1.29, 1.82) is 5.41 Å². The second kappa shape index (κ2) is 20.7. The molecular formula is C67H61NO2. The average molecular weight is 912 g/mol. The van der Waals surface area contributed by atoms with Crippen molar-refractivity contribution in [3.05, 3.63) is 276 Å². The summed E-state index contributed by atoms with van der Waals surface area (Å²) in [5, 5.41) is 7.37. The maximum atomic E-state index is 7.37. The second-order valence-electron chi connectivity index (χ2n) is 18.2. The highest BCUT2D eigenvalue weighted by atomic mass is 16.6. The van der Waals surface area contributed by atoms with Crippen LogP contribution in [0.3, 0.4) is 0 Å². The Hall–Kier alpha value is -8.01. The van der Waals surface area contributed by atoms with Gasteiger partial charge in [0.2, 0.25) is 0 Å². The third kappa shape index (κ3) is 8.47. The van der Waals surface area contributed by atoms with Gasteiger partial charge in [-0.1, -0.05) is 241 Å². The normalized spacial score (nSPS) is 16.6. The van der Waals surface area contributed by atoms with E-state index in [1.54, 1.807) is 6.08 Å². The van der Waals surface area contributed by atoms with Crippen LogP contribution >= 0.6 is 0 Å². The zero-order valence-electron chi connectivity index (χ0n) is 41.0. The minimum absolute atomic E-state index is 0.0466. The summed E-state index contributed by atoms with van der Waals surface area (Å²) in [6.45, 7) is 13.9. The van der Waals surface area contributed by atoms with Gasteiger partial charge in [-0.2, -0.15) is 0 Å². The fourth-order valence-corrected chi connectivity index (χ4v) is 10.9. The standard InChI is InChI=1S/C44H32O2.C16H15N.C5H8.C2H6/c1-4-15-30(16-5-1)29-31-17-10-11-22-34(31)35-24-14-26-39-42(35)46-43-40(45-39)28-27-38-41(43)36-23-12-13-25-37(36)44(38,32-18-6-2-7-19-32)33-20-8-3-9-21-33;1-16(2)14-6-4-3-5-12(14)13-8-7-11(10-17)9-15(13)16;1-3-5-4-2;1-2/h1-20,22-28,33H,21,29H2;3-10,17H,1-2H3;3-5H,1H2,2H3;1-2H3/b;;5-4-;. The molecule has 3 nitrogen and oxygen atoms in total. The molecule has 346 valence electrons. The number of hydrogen-bond donors (Lipinski definition) is 1. The molecular weight excluding hydrogens is 851 g/mol. The molecule has 12 rings (SSSR count). The third-order valence-corrected chi connectivity index (χ3v) is 14.0. The highest BCUT2D eigenvalue weighted by molar-refractivity contribution is 5.91. The summed E-state index contributed by atoms with van der Waals surface area (Å²) in [4.78, 5) is 0. The Kier molecular flexibility index (Phi) is 13.9. The SMILES string of the molecule is C1=CCC(C2(c3ccccc3)c3ccccc3-c3c2ccc2c3Oc3c(cccc3-c3ccccc3Cc3ccccc3)O2)C=C1.C=C/C=C\C.CC.CC1(C)c2ccccc2-c2ccc(C=N)cc21. The molecule has 1 N–H and O–H groups in total. The number of rotatable bonds is 7. The van der Waals surface area contributed by atoms with Crippen molar-refractivity contribution < 1.29 is 9.47 Å². The van der Waals surface area contributed by atoms with Crippen LogP contribution in [0.1, 0.15) is 85.5 Å². The van der Waals surface area contributed by atoms with E-state index in [1.807, 2.05) is 45.1 Å². The zero-order chi connectivity index (χ0) is 48.7. The van der Waals surface area contributed by atoms with Gasteiger partial charge in [-0.15, -0.1) is 0 Å². The Balaban J connectivity index is 0.000000209. The number of para-hydroxylation sites is 1. The number of allylic oxidation sites excluding steroid dienone is 7. The first kappa shape index (κ1) is 47.1. The minimum atomic E-state index is -0.366. The van der Waals surface area contributed by atoms with E-state index < -0.39 is 0 Å². The van der Waals surface area contributed by atoms with Crippen molar-refractivity contribution in [3.63, 3.8) is 0 Å². The Morgan fingerprint density at radius 3 is 1.93 bits per heavy atom. The number of hydrogen-bond acceptors (Lipinski definition) is 3. The van der Waals surface area contributed by atoms with Gasteiger partial charge in [0.15, 0.2) is 23.0 Å². The van der Waals surface area contributed by atoms with E-state index in [0.29, 0.717) is 0 Å². The molecule has 0 spiro atoms. The van der Waals surface area contributed by atoms with E-state index in [1.165, 1.54) is 61.8 Å². The number of benzene rings is 8. The van der Waals surface area contributed by atoms with E-state index in [9.17, 15) is 0 Å². The molecule has 3 heteroatoms. The van der Waals surface area contributed by atoms with Gasteiger partial charge in [0.25, 0.3) is 0 Å². The molecule has 2 unspecified atom stereocenters. The van der Waals surface area contributed by atoms with Crippen LogP contribution in [0, 0.1) is 11.3 Å². The molecule has 8 aromatic carbocycles. The highest BCUT2D eigenvalue weighted by Gasteiger charge is 2.51. The minimum Gasteiger partial charge on any atom is -0.449 e. The Bertz CT molecular complexity index is 3260. The van der Waals surface area contributed by atoms with Crippen LogP contribution < -0.4 is 9.47 Å². The van der Waals surface area contributed by atoms with Gasteiger partial charge in [-0.3, -0.25) is 0 Å². The van der Waals surface area contributed by atoms with Crippen molar-refractivity contribution in [2.45, 2.75) is 58.3 Å². The second-order valence-corrected chi connectivity index (χ2v) is 18.2. The molecule has 1 aliphatic heterocycles. The van der Waals surface area contributed by atoms with Crippen molar-refractivity contribution in [1.82, 2.24) is 0 Å². The van der Waals surface area contributed by atoms with Crippen LogP contribution in [0.5, 0.6) is 23.0 Å². The van der Waals surface area contributed by atoms with Gasteiger partial charge >= 0.3 is 0 Å². The van der Waals surface area contributed by atoms with E-state index in [4.69, 9.17) is 14.9 Å². The van der Waals surface area contributed by atoms with Crippen molar-refractivity contribution in [3.8, 4) is 56.4 Å². The molecule has 0 amide bonds. The van der Waals surface area contributed by atoms with Crippen molar-refractivity contribution >= 4 is 6.21 Å². The van der Waals surface area contributed by atoms with Crippen LogP contribution in [0.2, 0.25) is 0 Å². The van der Waals surface area contributed by atoms with Gasteiger partial charge in [0.05, 0.1) is 5.41 Å². The van der Waals surface area contributed by atoms with Crippen LogP contribution in [-0.4, -0.2) is 6.21 Å². The molecule has 2 atom stereocenters. The van der Waals surface area contributed by atoms with Gasteiger partial charge in [-0.05, 0) is 111 Å². The summed E-state index contributed by atoms with van der Waals surface area (Å²) in [6.07, 6.45) is 17.8. The van der Waals surface area contributed by atoms with Gasteiger partial charge in [0, 0.05) is 22.8 Å². The first-order chi connectivity index (χ1) is 34.4. The van der Waals surface area contributed by atoms with Crippen LogP contribution in [0.4, 0.5) is 0 Å². The summed E-state index contributed by atoms with van der Waals surface area (Å²) in [5.41, 5.74) is 16.9. The first-order valence-corrected chi connectivity index (χ1v) is 24.6. The molecule has 0 radical (unpaired) electrons. The third-order valence-electron chi connectivity index (χ3n) is 14.0. The van der Waals surface area contributed by atoms with Crippen LogP contribution in [0.25, 0.3) is 33.4 Å². The summed E-state index contributed by atoms with van der Waals surface area (Å²) in [6, 6.07) is 64.6. The molecule has 70 heavy (non-hydrogen) atoms. The summed E-state index contributed by atoms with van der Waals surface area (Å²) in [7, 11) is 0. The quantitative estimate of drug-likeness (QED) is 0.128. The maximum Gasteiger partial charge on any atom is 0.178 e. The van der Waals surface area contributed by atoms with Gasteiger partial charge < -0.3 is 14.9 Å². The fourth-order valence-electron chi connectivity index (χ4n) is 10.9. The summed E-state index contributed by atoms with van der Waals surface area (Å²) >= 11 is 0. The Morgan fingerprint density at radius 2 is 1.23 bits per heavy atom. The molecule has 0 saturated carbocycles. The molecule has 0 fully saturated rings. The Labute approximate surface area is 415 Å². The first-order valence-electron chi connectivity index (χ1n) is 24.6. The van der Waals surface area contributed by atoms with E-state index in [-0.39, 0.29) is 16.7 Å². The smallest absolute Gasteiger partial charge is 0.178 e. The number of nitrogens with one attached hydrogen (secondary N) is 1. The number of fused-ring (bicyclic) bond motifs is 9. The molecule has 0 bridgehead atoms. The molecule has 4 aliphatic rings. The predicted molar refractivity (Wildman–Crippen MR) is 294 cm³/mol. The van der Waals surface area contributed by atoms with E-state index in [0.717, 1.165) is 58.1 Å². The van der Waals surface area contributed by atoms with E-state index >= 15 is 0 Å². The lowest BCUT2D eigenvalue weighted by Crippen LogP contribution is -2.35. The lowest BCUT2D eigenvalue weighted by molar-refractivity contribution is 0.361. The lowest BCUT2D eigenvalue weighted by atomic mass is 9.62. The van der Waals surface area contributed by atoms with Gasteiger partial charge in [0.1, 0.15) is 0 Å². The molecule has 0 aromatic heterocycles. The summed E-state index contributed by atoms with van der Waals surface area (Å²) in [5.74, 6) is 3.29. The van der Waals surface area contributed by atoms with Crippen LogP contribution in [-0.2, 0) is 17.3 Å². The predicted octanol–water partition coefficient (Wildman–Crippen LogP) is 18.1. The number of ether oxygens (including phenoxy) is 2. The Morgan fingerprint density at radius 1 is 0.586 bits per heavy atom. The fraction of sp³-hybridized carbons (Fsp3) is 0.149. The molecule has 1 heterocycles. The molecule has 3 aliphatic carbocycles. The monoisotopic (exact) mass is 911 g/mol. The summed E-state index contributed by atoms with van der Waals surface area (Å²) < 4.78 is 13.8. The average Bonchev–Trinajstić information content (AvgIpc) is 3.85. The maximum absolute atomic E-state index is 7.37. The topological polar surface area (TPSA) is 42.3 Å². The molecule has 8 aromatic rings. The van der Waals surface area contributed by atoms with Crippen LogP contribution in [0.15, 0.2) is 231 Å². The van der Waals surface area contributed by atoms with E-state index in [2.05, 4.69) is 215 Å². The molecule has 0 saturated heterocycles. The van der Waals surface area contributed by atoms with Crippen molar-refractivity contribution in [2.24, 2.45) is 5.92 Å². The highest BCUT2D eigenvalue weighted by Crippen LogP contribution is 2.64. The van der Waals surface area contributed by atoms with Gasteiger partial charge in [-0.25, -0.2) is 0 Å². The zero-order valence-corrected chi connectivity index (χ0v) is 41.0. The lowest BCUT2D eigenvalue weighted by Gasteiger charge is -2.39. The van der Waals surface area contributed by atoms with Crippen molar-refractivity contribution in [2.75, 3.05) is 0 Å².